The molecule has 0 aliphatic heterocycles. The molecule has 0 bridgehead atoms. The van der Waals surface area contributed by atoms with Crippen LogP contribution in [0.1, 0.15) is 32.8 Å². The van der Waals surface area contributed by atoms with Gasteiger partial charge >= 0.3 is 5.97 Å². The van der Waals surface area contributed by atoms with E-state index in [0.29, 0.717) is 18.8 Å². The van der Waals surface area contributed by atoms with E-state index in [-0.39, 0.29) is 24.9 Å². The molecule has 27 heavy (non-hydrogen) atoms. The Labute approximate surface area is 166 Å². The third-order valence-electron chi connectivity index (χ3n) is 4.35. The first-order valence-electron chi connectivity index (χ1n) is 9.09. The van der Waals surface area contributed by atoms with E-state index in [1.165, 1.54) is 0 Å². The van der Waals surface area contributed by atoms with Crippen molar-refractivity contribution in [2.24, 2.45) is 18.7 Å². The summed E-state index contributed by atoms with van der Waals surface area (Å²) in [6.07, 6.45) is 2.91. The Balaban J connectivity index is 0.00000364. The van der Waals surface area contributed by atoms with Gasteiger partial charge < -0.3 is 20.4 Å². The van der Waals surface area contributed by atoms with E-state index in [1.54, 1.807) is 6.92 Å². The molecular formula is C20H30ClN3O3. The Morgan fingerprint density at radius 3 is 2.56 bits per heavy atom. The lowest BCUT2D eigenvalue weighted by Gasteiger charge is -2.20. The molecule has 7 heteroatoms. The van der Waals surface area contributed by atoms with Gasteiger partial charge in [-0.25, -0.2) is 4.79 Å². The second-order valence-corrected chi connectivity index (χ2v) is 7.04. The van der Waals surface area contributed by atoms with Gasteiger partial charge in [-0.05, 0) is 30.9 Å². The van der Waals surface area contributed by atoms with Crippen molar-refractivity contribution in [2.75, 3.05) is 6.61 Å². The summed E-state index contributed by atoms with van der Waals surface area (Å²) >= 11 is 0. The van der Waals surface area contributed by atoms with E-state index in [0.717, 1.165) is 16.5 Å². The highest BCUT2D eigenvalue weighted by molar-refractivity contribution is 5.89. The fourth-order valence-corrected chi connectivity index (χ4v) is 3.14. The van der Waals surface area contributed by atoms with Crippen LogP contribution in [0, 0.1) is 5.92 Å². The molecule has 0 radical (unpaired) electrons. The highest BCUT2D eigenvalue weighted by Crippen LogP contribution is 2.22. The van der Waals surface area contributed by atoms with Crippen molar-refractivity contribution in [3.05, 3.63) is 36.0 Å². The topological polar surface area (TPSA) is 86.3 Å². The van der Waals surface area contributed by atoms with Crippen LogP contribution in [0.25, 0.3) is 10.9 Å². The lowest BCUT2D eigenvalue weighted by Crippen LogP contribution is -2.50. The number of hydrogen-bond acceptors (Lipinski definition) is 4. The molecule has 2 rings (SSSR count). The number of benzene rings is 1. The fourth-order valence-electron chi connectivity index (χ4n) is 3.14. The zero-order valence-corrected chi connectivity index (χ0v) is 17.2. The van der Waals surface area contributed by atoms with Crippen LogP contribution in [0.2, 0.25) is 0 Å². The summed E-state index contributed by atoms with van der Waals surface area (Å²) in [5, 5.41) is 3.84. The normalized spacial score (nSPS) is 13.1. The smallest absolute Gasteiger partial charge is 0.328 e. The molecule has 1 aromatic heterocycles. The summed E-state index contributed by atoms with van der Waals surface area (Å²) in [6.45, 7) is 6.02. The average Bonchev–Trinajstić information content (AvgIpc) is 2.90. The molecule has 2 aromatic rings. The van der Waals surface area contributed by atoms with E-state index < -0.39 is 18.1 Å². The van der Waals surface area contributed by atoms with Gasteiger partial charge in [0.2, 0.25) is 5.91 Å². The molecule has 0 aliphatic carbocycles. The lowest BCUT2D eigenvalue weighted by atomic mass is 10.0. The number of nitrogens with one attached hydrogen (secondary N) is 1. The van der Waals surface area contributed by atoms with Crippen LogP contribution in [0.3, 0.4) is 0 Å². The highest BCUT2D eigenvalue weighted by atomic mass is 35.5. The van der Waals surface area contributed by atoms with Gasteiger partial charge in [-0.2, -0.15) is 0 Å². The molecule has 6 nitrogen and oxygen atoms in total. The van der Waals surface area contributed by atoms with Gasteiger partial charge in [0.25, 0.3) is 0 Å². The van der Waals surface area contributed by atoms with Crippen LogP contribution in [0.5, 0.6) is 0 Å². The minimum atomic E-state index is -0.758. The largest absolute Gasteiger partial charge is 0.464 e. The number of carbonyl (C=O) groups excluding carboxylic acids is 2. The van der Waals surface area contributed by atoms with E-state index in [4.69, 9.17) is 10.5 Å². The number of rotatable bonds is 8. The molecule has 0 aliphatic rings. The van der Waals surface area contributed by atoms with Crippen molar-refractivity contribution >= 4 is 35.2 Å². The maximum atomic E-state index is 12.4. The van der Waals surface area contributed by atoms with Crippen molar-refractivity contribution in [3.63, 3.8) is 0 Å². The molecular weight excluding hydrogens is 366 g/mol. The molecule has 1 amide bonds. The Hall–Kier alpha value is -2.05. The molecule has 1 heterocycles. The quantitative estimate of drug-likeness (QED) is 0.672. The summed E-state index contributed by atoms with van der Waals surface area (Å²) in [7, 11) is 1.96. The predicted octanol–water partition coefficient (Wildman–Crippen LogP) is 2.56. The molecule has 2 atom stereocenters. The number of hydrogen-bond donors (Lipinski definition) is 2. The highest BCUT2D eigenvalue weighted by Gasteiger charge is 2.26. The van der Waals surface area contributed by atoms with Gasteiger partial charge in [0.15, 0.2) is 0 Å². The number of esters is 1. The lowest BCUT2D eigenvalue weighted by molar-refractivity contribution is -0.147. The number of fused-ring (bicyclic) bond motifs is 1. The number of aromatic nitrogens is 1. The standard InChI is InChI=1S/C20H29N3O3.ClH/c1-5-26-20(25)17(22-19(24)16(21)10-13(2)3)11-14-12-23(4)18-9-7-6-8-15(14)18;/h6-9,12-13,16-17H,5,10-11,21H2,1-4H3,(H,22,24);1H/t16-,17+;/m0./s1. The zero-order chi connectivity index (χ0) is 19.3. The minimum Gasteiger partial charge on any atom is -0.464 e. The molecule has 0 saturated heterocycles. The molecule has 1 aromatic carbocycles. The Bertz CT molecular complexity index is 773. The number of nitrogens with zero attached hydrogens (tertiary/aromatic N) is 1. The van der Waals surface area contributed by atoms with Crippen molar-refractivity contribution in [3.8, 4) is 0 Å². The molecule has 0 saturated carbocycles. The maximum Gasteiger partial charge on any atom is 0.328 e. The monoisotopic (exact) mass is 395 g/mol. The maximum absolute atomic E-state index is 12.4. The molecule has 150 valence electrons. The molecule has 3 N–H and O–H groups in total. The van der Waals surface area contributed by atoms with E-state index in [2.05, 4.69) is 5.32 Å². The van der Waals surface area contributed by atoms with Crippen molar-refractivity contribution in [1.82, 2.24) is 9.88 Å². The van der Waals surface area contributed by atoms with Crippen LogP contribution in [-0.2, 0) is 27.8 Å². The first-order valence-corrected chi connectivity index (χ1v) is 9.09. The SMILES string of the molecule is CCOC(=O)[C@@H](Cc1cn(C)c2ccccc12)NC(=O)[C@@H](N)CC(C)C.Cl. The summed E-state index contributed by atoms with van der Waals surface area (Å²) in [4.78, 5) is 24.8. The van der Waals surface area contributed by atoms with Crippen molar-refractivity contribution in [1.29, 1.82) is 0 Å². The van der Waals surface area contributed by atoms with E-state index in [9.17, 15) is 9.59 Å². The van der Waals surface area contributed by atoms with Gasteiger partial charge in [0, 0.05) is 30.6 Å². The van der Waals surface area contributed by atoms with E-state index >= 15 is 0 Å². The van der Waals surface area contributed by atoms with Crippen molar-refractivity contribution < 1.29 is 14.3 Å². The number of halogens is 1. The van der Waals surface area contributed by atoms with Crippen molar-refractivity contribution in [2.45, 2.75) is 45.7 Å². The third kappa shape index (κ3) is 5.97. The Morgan fingerprint density at radius 2 is 1.93 bits per heavy atom. The van der Waals surface area contributed by atoms with Gasteiger partial charge in [-0.3, -0.25) is 4.79 Å². The second-order valence-electron chi connectivity index (χ2n) is 7.04. The number of carbonyl (C=O) groups is 2. The summed E-state index contributed by atoms with van der Waals surface area (Å²) < 4.78 is 7.17. The first-order chi connectivity index (χ1) is 12.3. The first kappa shape index (κ1) is 23.0. The zero-order valence-electron chi connectivity index (χ0n) is 16.4. The average molecular weight is 396 g/mol. The van der Waals surface area contributed by atoms with Gasteiger partial charge in [0.05, 0.1) is 12.6 Å². The Morgan fingerprint density at radius 1 is 1.26 bits per heavy atom. The third-order valence-corrected chi connectivity index (χ3v) is 4.35. The summed E-state index contributed by atoms with van der Waals surface area (Å²) in [6, 6.07) is 6.57. The Kier molecular flexibility index (Phi) is 8.79. The molecule has 0 spiro atoms. The fraction of sp³-hybridized carbons (Fsp3) is 0.500. The number of para-hydroxylation sites is 1. The minimum absolute atomic E-state index is 0. The number of amides is 1. The van der Waals surface area contributed by atoms with Crippen LogP contribution in [-0.4, -0.2) is 35.1 Å². The van der Waals surface area contributed by atoms with Gasteiger partial charge in [-0.1, -0.05) is 32.0 Å². The van der Waals surface area contributed by atoms with Crippen LogP contribution >= 0.6 is 12.4 Å². The van der Waals surface area contributed by atoms with Crippen LogP contribution in [0.4, 0.5) is 0 Å². The predicted molar refractivity (Wildman–Crippen MR) is 110 cm³/mol. The number of aryl methyl sites for hydroxylation is 1. The van der Waals surface area contributed by atoms with Gasteiger partial charge in [0.1, 0.15) is 6.04 Å². The molecule has 0 unspecified atom stereocenters. The molecule has 0 fully saturated rings. The number of ether oxygens (including phenoxy) is 1. The second kappa shape index (κ2) is 10.3. The summed E-state index contributed by atoms with van der Waals surface area (Å²) in [5.41, 5.74) is 8.02. The number of nitrogens with two attached hydrogens (primary N) is 1. The van der Waals surface area contributed by atoms with Crippen LogP contribution < -0.4 is 11.1 Å². The summed E-state index contributed by atoms with van der Waals surface area (Å²) in [5.74, 6) is -0.461. The van der Waals surface area contributed by atoms with Gasteiger partial charge in [-0.15, -0.1) is 12.4 Å². The van der Waals surface area contributed by atoms with E-state index in [1.807, 2.05) is 55.9 Å². The van der Waals surface area contributed by atoms with Crippen LogP contribution in [0.15, 0.2) is 30.5 Å².